The number of nitrogens with one attached hydrogen (secondary N) is 2. The highest BCUT2D eigenvalue weighted by molar-refractivity contribution is 9.10. The van der Waals surface area contributed by atoms with Gasteiger partial charge < -0.3 is 20.1 Å². The third-order valence-corrected chi connectivity index (χ3v) is 4.30. The van der Waals surface area contributed by atoms with Crippen molar-refractivity contribution in [1.82, 2.24) is 5.32 Å². The highest BCUT2D eigenvalue weighted by atomic mass is 79.9. The largest absolute Gasteiger partial charge is 0.497 e. The number of esters is 1. The number of hydrogen-bond acceptors (Lipinski definition) is 5. The smallest absolute Gasteiger partial charge is 0.328 e. The zero-order valence-electron chi connectivity index (χ0n) is 16.3. The lowest BCUT2D eigenvalue weighted by molar-refractivity contribution is -0.149. The summed E-state index contributed by atoms with van der Waals surface area (Å²) >= 11 is 3.11. The fourth-order valence-electron chi connectivity index (χ4n) is 2.25. The van der Waals surface area contributed by atoms with E-state index in [9.17, 15) is 18.8 Å². The summed E-state index contributed by atoms with van der Waals surface area (Å²) in [6, 6.07) is 10.2. The lowest BCUT2D eigenvalue weighted by Gasteiger charge is -2.12. The molecule has 158 valence electrons. The van der Waals surface area contributed by atoms with Crippen molar-refractivity contribution in [2.75, 3.05) is 19.0 Å². The van der Waals surface area contributed by atoms with E-state index >= 15 is 0 Å². The monoisotopic (exact) mass is 478 g/mol. The number of amides is 2. The van der Waals surface area contributed by atoms with Gasteiger partial charge in [-0.3, -0.25) is 9.59 Å². The van der Waals surface area contributed by atoms with Crippen molar-refractivity contribution in [1.29, 1.82) is 0 Å². The van der Waals surface area contributed by atoms with E-state index in [1.54, 1.807) is 43.5 Å². The van der Waals surface area contributed by atoms with Gasteiger partial charge in [0.15, 0.2) is 6.61 Å². The second-order valence-electron chi connectivity index (χ2n) is 6.12. The van der Waals surface area contributed by atoms with Crippen LogP contribution in [0.1, 0.15) is 12.5 Å². The Hall–Kier alpha value is -3.20. The van der Waals surface area contributed by atoms with E-state index in [1.165, 1.54) is 25.1 Å². The molecule has 0 aromatic heterocycles. The molecule has 1 unspecified atom stereocenters. The van der Waals surface area contributed by atoms with Crippen LogP contribution in [0.5, 0.6) is 5.75 Å². The van der Waals surface area contributed by atoms with Gasteiger partial charge in [-0.25, -0.2) is 9.18 Å². The van der Waals surface area contributed by atoms with Gasteiger partial charge in [0, 0.05) is 10.5 Å². The van der Waals surface area contributed by atoms with E-state index in [4.69, 9.17) is 9.47 Å². The van der Waals surface area contributed by atoms with Crippen LogP contribution in [-0.2, 0) is 19.1 Å². The van der Waals surface area contributed by atoms with Crippen LogP contribution in [0, 0.1) is 5.82 Å². The summed E-state index contributed by atoms with van der Waals surface area (Å²) < 4.78 is 24.1. The third-order valence-electron chi connectivity index (χ3n) is 3.81. The van der Waals surface area contributed by atoms with Crippen molar-refractivity contribution < 1.29 is 28.2 Å². The maximum atomic E-state index is 13.7. The average Bonchev–Trinajstić information content (AvgIpc) is 2.72. The molecule has 2 aromatic carbocycles. The zero-order chi connectivity index (χ0) is 22.1. The van der Waals surface area contributed by atoms with E-state index in [2.05, 4.69) is 26.6 Å². The maximum Gasteiger partial charge on any atom is 0.328 e. The summed E-state index contributed by atoms with van der Waals surface area (Å²) in [5.41, 5.74) is 0.738. The van der Waals surface area contributed by atoms with E-state index in [0.717, 1.165) is 5.56 Å². The maximum absolute atomic E-state index is 13.7. The highest BCUT2D eigenvalue weighted by Gasteiger charge is 2.17. The average molecular weight is 479 g/mol. The van der Waals surface area contributed by atoms with E-state index in [1.807, 2.05) is 0 Å². The Morgan fingerprint density at radius 1 is 1.17 bits per heavy atom. The molecule has 0 spiro atoms. The summed E-state index contributed by atoms with van der Waals surface area (Å²) in [6.07, 6.45) is 2.85. The Morgan fingerprint density at radius 3 is 2.50 bits per heavy atom. The SMILES string of the molecule is COc1ccc(/C=C/C(=O)NC(C)C(=O)OCC(=O)Nc2ccc(Br)cc2F)cc1. The number of methoxy groups -OCH3 is 1. The molecule has 0 saturated carbocycles. The number of anilines is 1. The Balaban J connectivity index is 1.78. The van der Waals surface area contributed by atoms with Gasteiger partial charge in [-0.15, -0.1) is 0 Å². The van der Waals surface area contributed by atoms with Gasteiger partial charge in [0.1, 0.15) is 17.6 Å². The molecule has 2 rings (SSSR count). The van der Waals surface area contributed by atoms with Crippen LogP contribution in [0.15, 0.2) is 53.0 Å². The predicted molar refractivity (Wildman–Crippen MR) is 113 cm³/mol. The Labute approximate surface area is 181 Å². The van der Waals surface area contributed by atoms with Crippen molar-refractivity contribution in [2.45, 2.75) is 13.0 Å². The second kappa shape index (κ2) is 11.1. The standard InChI is InChI=1S/C21H20BrFN2O5/c1-13(24-19(26)10-5-14-3-7-16(29-2)8-4-14)21(28)30-12-20(27)25-18-9-6-15(22)11-17(18)23/h3-11,13H,12H2,1-2H3,(H,24,26)(H,25,27)/b10-5+. The molecule has 0 saturated heterocycles. The molecular weight excluding hydrogens is 459 g/mol. The molecule has 30 heavy (non-hydrogen) atoms. The first-order valence-electron chi connectivity index (χ1n) is 8.82. The molecule has 2 amide bonds. The second-order valence-corrected chi connectivity index (χ2v) is 7.03. The van der Waals surface area contributed by atoms with E-state index < -0.39 is 36.2 Å². The number of carbonyl (C=O) groups is 3. The molecule has 0 radical (unpaired) electrons. The van der Waals surface area contributed by atoms with Crippen molar-refractivity contribution in [3.8, 4) is 5.75 Å². The molecule has 2 aromatic rings. The molecule has 2 N–H and O–H groups in total. The molecule has 0 aliphatic rings. The molecule has 7 nitrogen and oxygen atoms in total. The minimum absolute atomic E-state index is 0.0377. The Morgan fingerprint density at radius 2 is 1.87 bits per heavy atom. The molecule has 0 aliphatic carbocycles. The molecule has 0 aliphatic heterocycles. The van der Waals surface area contributed by atoms with E-state index in [0.29, 0.717) is 10.2 Å². The van der Waals surface area contributed by atoms with Crippen LogP contribution in [0.4, 0.5) is 10.1 Å². The molecule has 9 heteroatoms. The molecular formula is C21H20BrFN2O5. The van der Waals surface area contributed by atoms with Gasteiger partial charge in [-0.2, -0.15) is 0 Å². The van der Waals surface area contributed by atoms with Gasteiger partial charge in [0.2, 0.25) is 5.91 Å². The minimum atomic E-state index is -0.977. The van der Waals surface area contributed by atoms with Crippen LogP contribution in [0.2, 0.25) is 0 Å². The van der Waals surface area contributed by atoms with Gasteiger partial charge >= 0.3 is 5.97 Å². The fraction of sp³-hybridized carbons (Fsp3) is 0.190. The van der Waals surface area contributed by atoms with Crippen molar-refractivity contribution >= 4 is 45.5 Å². The highest BCUT2D eigenvalue weighted by Crippen LogP contribution is 2.19. The molecule has 0 fully saturated rings. The number of carbonyl (C=O) groups excluding carboxylic acids is 3. The summed E-state index contributed by atoms with van der Waals surface area (Å²) in [5, 5.41) is 4.74. The first kappa shape index (κ1) is 23.1. The number of ether oxygens (including phenoxy) is 2. The van der Waals surface area contributed by atoms with Crippen molar-refractivity contribution in [3.63, 3.8) is 0 Å². The molecule has 0 bridgehead atoms. The molecule has 1 atom stereocenters. The Bertz CT molecular complexity index is 947. The van der Waals surface area contributed by atoms with Gasteiger partial charge in [-0.1, -0.05) is 28.1 Å². The van der Waals surface area contributed by atoms with Gasteiger partial charge in [0.05, 0.1) is 12.8 Å². The summed E-state index contributed by atoms with van der Waals surface area (Å²) in [7, 11) is 1.56. The van der Waals surface area contributed by atoms with Gasteiger partial charge in [-0.05, 0) is 48.9 Å². The van der Waals surface area contributed by atoms with Crippen LogP contribution in [0.25, 0.3) is 6.08 Å². The molecule has 0 heterocycles. The van der Waals surface area contributed by atoms with Crippen LogP contribution < -0.4 is 15.4 Å². The minimum Gasteiger partial charge on any atom is -0.497 e. The zero-order valence-corrected chi connectivity index (χ0v) is 17.9. The normalized spacial score (nSPS) is 11.6. The Kier molecular flexibility index (Phi) is 8.54. The summed E-state index contributed by atoms with van der Waals surface area (Å²) in [5.74, 6) is -1.94. The van der Waals surface area contributed by atoms with Crippen LogP contribution in [-0.4, -0.2) is 37.5 Å². The number of hydrogen-bond donors (Lipinski definition) is 2. The fourth-order valence-corrected chi connectivity index (χ4v) is 2.58. The first-order chi connectivity index (χ1) is 14.3. The van der Waals surface area contributed by atoms with Gasteiger partial charge in [0.25, 0.3) is 5.91 Å². The van der Waals surface area contributed by atoms with Crippen molar-refractivity contribution in [3.05, 3.63) is 64.4 Å². The lowest BCUT2D eigenvalue weighted by atomic mass is 10.2. The third kappa shape index (κ3) is 7.32. The number of benzene rings is 2. The van der Waals surface area contributed by atoms with Crippen LogP contribution >= 0.6 is 15.9 Å². The topological polar surface area (TPSA) is 93.7 Å². The predicted octanol–water partition coefficient (Wildman–Crippen LogP) is 3.30. The summed E-state index contributed by atoms with van der Waals surface area (Å²) in [4.78, 5) is 35.7. The lowest BCUT2D eigenvalue weighted by Crippen LogP contribution is -2.39. The number of rotatable bonds is 8. The van der Waals surface area contributed by atoms with Crippen LogP contribution in [0.3, 0.4) is 0 Å². The number of halogens is 2. The van der Waals surface area contributed by atoms with Crippen molar-refractivity contribution in [2.24, 2.45) is 0 Å². The quantitative estimate of drug-likeness (QED) is 0.448. The summed E-state index contributed by atoms with van der Waals surface area (Å²) in [6.45, 7) is 0.810. The van der Waals surface area contributed by atoms with E-state index in [-0.39, 0.29) is 5.69 Å². The first-order valence-corrected chi connectivity index (χ1v) is 9.62.